The van der Waals surface area contributed by atoms with Crippen molar-refractivity contribution >= 4 is 17.8 Å². The maximum Gasteiger partial charge on any atom is 0.345 e. The fourth-order valence-electron chi connectivity index (χ4n) is 2.31. The fourth-order valence-corrected chi connectivity index (χ4v) is 2.31. The van der Waals surface area contributed by atoms with Gasteiger partial charge in [0, 0.05) is 6.92 Å². The first-order valence-corrected chi connectivity index (χ1v) is 5.91. The molecule has 1 fully saturated rings. The third-order valence-corrected chi connectivity index (χ3v) is 3.19. The van der Waals surface area contributed by atoms with Gasteiger partial charge in [-0.25, -0.2) is 4.79 Å². The highest BCUT2D eigenvalue weighted by atomic mass is 16.5. The average Bonchev–Trinajstić information content (AvgIpc) is 2.54. The van der Waals surface area contributed by atoms with Crippen molar-refractivity contribution in [3.8, 4) is 0 Å². The molecule has 19 heavy (non-hydrogen) atoms. The highest BCUT2D eigenvalue weighted by Crippen LogP contribution is 2.27. The van der Waals surface area contributed by atoms with E-state index < -0.39 is 18.1 Å². The molecule has 2 rings (SSSR count). The number of carbonyl (C=O) groups is 3. The van der Waals surface area contributed by atoms with Gasteiger partial charge in [0.2, 0.25) is 11.8 Å². The smallest absolute Gasteiger partial charge is 0.339 e. The van der Waals surface area contributed by atoms with Crippen LogP contribution in [0.3, 0.4) is 0 Å². The van der Waals surface area contributed by atoms with Crippen LogP contribution in [-0.2, 0) is 9.59 Å². The number of hydrogen-bond acceptors (Lipinski definition) is 4. The predicted octanol–water partition coefficient (Wildman–Crippen LogP) is -0.980. The Balaban J connectivity index is 2.05. The molecule has 2 aliphatic rings. The van der Waals surface area contributed by atoms with Crippen molar-refractivity contribution in [2.24, 2.45) is 0 Å². The van der Waals surface area contributed by atoms with E-state index in [1.807, 2.05) is 0 Å². The lowest BCUT2D eigenvalue weighted by Crippen LogP contribution is -2.51. The molecule has 2 bridgehead atoms. The van der Waals surface area contributed by atoms with Crippen LogP contribution in [0.2, 0.25) is 0 Å². The van der Waals surface area contributed by atoms with Crippen LogP contribution in [-0.4, -0.2) is 58.3 Å². The summed E-state index contributed by atoms with van der Waals surface area (Å²) in [6.07, 6.45) is 1.70. The van der Waals surface area contributed by atoms with Crippen LogP contribution in [0.5, 0.6) is 0 Å². The van der Waals surface area contributed by atoms with Crippen LogP contribution in [0, 0.1) is 0 Å². The van der Waals surface area contributed by atoms with Gasteiger partial charge in [0.15, 0.2) is 0 Å². The topological polar surface area (TPSA) is 102 Å². The lowest BCUT2D eigenvalue weighted by molar-refractivity contribution is -0.124. The van der Waals surface area contributed by atoms with Gasteiger partial charge in [-0.3, -0.25) is 14.8 Å². The molecule has 0 saturated carbocycles. The highest BCUT2D eigenvalue weighted by Gasteiger charge is 2.46. The first-order valence-electron chi connectivity index (χ1n) is 5.91. The van der Waals surface area contributed by atoms with E-state index in [9.17, 15) is 19.6 Å². The molecule has 0 aromatic heterocycles. The maximum absolute atomic E-state index is 12.0. The maximum atomic E-state index is 12.0. The van der Waals surface area contributed by atoms with Crippen molar-refractivity contribution in [3.63, 3.8) is 0 Å². The van der Waals surface area contributed by atoms with Crippen LogP contribution < -0.4 is 10.6 Å². The number of urea groups is 1. The molecule has 8 heteroatoms. The molecule has 0 aromatic rings. The van der Waals surface area contributed by atoms with Gasteiger partial charge in [-0.2, -0.15) is 5.06 Å². The Hall–Kier alpha value is -2.09. The third-order valence-electron chi connectivity index (χ3n) is 3.19. The van der Waals surface area contributed by atoms with Crippen LogP contribution in [0.25, 0.3) is 0 Å². The zero-order valence-electron chi connectivity index (χ0n) is 10.7. The molecule has 0 spiro atoms. The SMILES string of the molecule is CC(=O)NCNC(=O)C1C(C)=CC2CN1C(=O)N2O. The molecule has 0 radical (unpaired) electrons. The second kappa shape index (κ2) is 4.88. The van der Waals surface area contributed by atoms with Crippen LogP contribution in [0.15, 0.2) is 11.6 Å². The highest BCUT2D eigenvalue weighted by molar-refractivity contribution is 5.91. The molecular weight excluding hydrogens is 252 g/mol. The Morgan fingerprint density at radius 3 is 2.79 bits per heavy atom. The fraction of sp³-hybridized carbons (Fsp3) is 0.545. The van der Waals surface area contributed by atoms with Crippen molar-refractivity contribution in [1.29, 1.82) is 0 Å². The first kappa shape index (κ1) is 13.3. The van der Waals surface area contributed by atoms with Crippen LogP contribution >= 0.6 is 0 Å². The second-order valence-electron chi connectivity index (χ2n) is 4.61. The Labute approximate surface area is 110 Å². The van der Waals surface area contributed by atoms with Crippen LogP contribution in [0.1, 0.15) is 13.8 Å². The molecule has 104 valence electrons. The molecule has 8 nitrogen and oxygen atoms in total. The predicted molar refractivity (Wildman–Crippen MR) is 63.9 cm³/mol. The largest absolute Gasteiger partial charge is 0.345 e. The molecule has 0 aromatic carbocycles. The van der Waals surface area contributed by atoms with Gasteiger partial charge in [-0.15, -0.1) is 0 Å². The Morgan fingerprint density at radius 2 is 2.16 bits per heavy atom. The number of fused-ring (bicyclic) bond motifs is 2. The van der Waals surface area contributed by atoms with Gasteiger partial charge in [0.25, 0.3) is 0 Å². The van der Waals surface area contributed by atoms with Gasteiger partial charge < -0.3 is 15.5 Å². The molecule has 2 aliphatic heterocycles. The summed E-state index contributed by atoms with van der Waals surface area (Å²) >= 11 is 0. The van der Waals surface area contributed by atoms with Gasteiger partial charge >= 0.3 is 6.03 Å². The Kier molecular flexibility index (Phi) is 3.43. The zero-order chi connectivity index (χ0) is 14.2. The molecule has 2 heterocycles. The quantitative estimate of drug-likeness (QED) is 0.348. The number of carbonyl (C=O) groups excluding carboxylic acids is 3. The van der Waals surface area contributed by atoms with Crippen LogP contribution in [0.4, 0.5) is 4.79 Å². The number of nitrogens with zero attached hydrogens (tertiary/aromatic N) is 2. The van der Waals surface area contributed by atoms with E-state index in [2.05, 4.69) is 10.6 Å². The lowest BCUT2D eigenvalue weighted by Gasteiger charge is -2.29. The third kappa shape index (κ3) is 2.39. The lowest BCUT2D eigenvalue weighted by atomic mass is 10.0. The van der Waals surface area contributed by atoms with E-state index in [1.54, 1.807) is 13.0 Å². The van der Waals surface area contributed by atoms with E-state index in [1.165, 1.54) is 11.8 Å². The number of rotatable bonds is 3. The van der Waals surface area contributed by atoms with Crippen molar-refractivity contribution < 1.29 is 19.6 Å². The molecule has 3 N–H and O–H groups in total. The summed E-state index contributed by atoms with van der Waals surface area (Å²) in [5, 5.41) is 15.1. The molecule has 1 saturated heterocycles. The number of hydroxylamine groups is 2. The number of nitrogens with one attached hydrogen (secondary N) is 2. The molecule has 0 aliphatic carbocycles. The summed E-state index contributed by atoms with van der Waals surface area (Å²) in [7, 11) is 0. The van der Waals surface area contributed by atoms with E-state index in [4.69, 9.17) is 0 Å². The molecule has 4 amide bonds. The average molecular weight is 268 g/mol. The second-order valence-corrected chi connectivity index (χ2v) is 4.61. The van der Waals surface area contributed by atoms with Gasteiger partial charge in [0.05, 0.1) is 19.3 Å². The zero-order valence-corrected chi connectivity index (χ0v) is 10.7. The normalized spacial score (nSPS) is 25.2. The van der Waals surface area contributed by atoms with E-state index in [0.717, 1.165) is 0 Å². The van der Waals surface area contributed by atoms with Gasteiger partial charge in [-0.1, -0.05) is 6.08 Å². The first-order chi connectivity index (χ1) is 8.91. The standard InChI is InChI=1S/C11H16N4O4/c1-6-3-8-4-14(11(18)15(8)19)9(6)10(17)13-5-12-7(2)16/h3,8-9,19H,4-5H2,1-2H3,(H,12,16)(H,13,17). The van der Waals surface area contributed by atoms with E-state index >= 15 is 0 Å². The Morgan fingerprint density at radius 1 is 1.47 bits per heavy atom. The summed E-state index contributed by atoms with van der Waals surface area (Å²) in [5.74, 6) is -0.639. The van der Waals surface area contributed by atoms with Crippen molar-refractivity contribution in [2.75, 3.05) is 13.2 Å². The number of hydrogen-bond donors (Lipinski definition) is 3. The van der Waals surface area contributed by atoms with Gasteiger partial charge in [0.1, 0.15) is 6.04 Å². The Bertz CT molecular complexity index is 462. The number of amides is 4. The summed E-state index contributed by atoms with van der Waals surface area (Å²) < 4.78 is 0. The summed E-state index contributed by atoms with van der Waals surface area (Å²) in [6.45, 7) is 3.36. The van der Waals surface area contributed by atoms with E-state index in [0.29, 0.717) is 10.6 Å². The monoisotopic (exact) mass is 268 g/mol. The minimum Gasteiger partial charge on any atom is -0.339 e. The molecule has 2 unspecified atom stereocenters. The van der Waals surface area contributed by atoms with Crippen molar-refractivity contribution in [3.05, 3.63) is 11.6 Å². The minimum absolute atomic E-state index is 0.00620. The summed E-state index contributed by atoms with van der Waals surface area (Å²) in [5.41, 5.74) is 0.696. The van der Waals surface area contributed by atoms with E-state index in [-0.39, 0.29) is 25.0 Å². The van der Waals surface area contributed by atoms with Gasteiger partial charge in [-0.05, 0) is 12.5 Å². The summed E-state index contributed by atoms with van der Waals surface area (Å²) in [6, 6.07) is -1.72. The molecule has 2 atom stereocenters. The molecular formula is C11H16N4O4. The van der Waals surface area contributed by atoms with Crippen molar-refractivity contribution in [1.82, 2.24) is 20.6 Å². The summed E-state index contributed by atoms with van der Waals surface area (Å²) in [4.78, 5) is 35.8. The van der Waals surface area contributed by atoms with Crippen molar-refractivity contribution in [2.45, 2.75) is 25.9 Å². The minimum atomic E-state index is -0.741.